The van der Waals surface area contributed by atoms with Crippen LogP contribution in [-0.2, 0) is 4.79 Å². The van der Waals surface area contributed by atoms with E-state index in [0.717, 1.165) is 0 Å². The second kappa shape index (κ2) is 4.75. The highest BCUT2D eigenvalue weighted by molar-refractivity contribution is 5.75. The van der Waals surface area contributed by atoms with Crippen LogP contribution in [0.3, 0.4) is 0 Å². The fourth-order valence-corrected chi connectivity index (χ4v) is 0.396. The quantitative estimate of drug-likeness (QED) is 0.247. The van der Waals surface area contributed by atoms with E-state index in [1.165, 1.54) is 0 Å². The molecule has 5 N–H and O–H groups in total. The average Bonchev–Trinajstić information content (AvgIpc) is 1.85. The smallest absolute Gasteiger partial charge is 0.185 e. The van der Waals surface area contributed by atoms with E-state index in [2.05, 4.69) is 4.99 Å². The molecule has 0 fully saturated rings. The molecule has 0 amide bonds. The number of aliphatic imine (C=N–C) groups is 1. The van der Waals surface area contributed by atoms with Crippen LogP contribution in [0.1, 0.15) is 6.42 Å². The largest absolute Gasteiger partial charge is 0.391 e. The number of aldehydes is 1. The molecule has 0 saturated heterocycles. The summed E-state index contributed by atoms with van der Waals surface area (Å²) in [7, 11) is 0. The highest BCUT2D eigenvalue weighted by Gasteiger charge is 1.99. The maximum absolute atomic E-state index is 9.79. The zero-order chi connectivity index (χ0) is 7.98. The lowest BCUT2D eigenvalue weighted by atomic mass is 10.3. The van der Waals surface area contributed by atoms with Crippen molar-refractivity contribution in [1.29, 1.82) is 0 Å². The SMILES string of the molecule is NC(N)=NCC(O)CC=O. The van der Waals surface area contributed by atoms with E-state index in [1.807, 2.05) is 0 Å². The molecule has 0 rings (SSSR count). The first-order chi connectivity index (χ1) is 4.66. The Morgan fingerprint density at radius 1 is 1.70 bits per heavy atom. The number of aliphatic hydroxyl groups is 1. The molecule has 5 nitrogen and oxygen atoms in total. The number of nitrogens with zero attached hydrogens (tertiary/aromatic N) is 1. The molecule has 0 saturated carbocycles. The summed E-state index contributed by atoms with van der Waals surface area (Å²) in [4.78, 5) is 13.3. The average molecular weight is 145 g/mol. The van der Waals surface area contributed by atoms with Gasteiger partial charge in [-0.15, -0.1) is 0 Å². The maximum atomic E-state index is 9.79. The summed E-state index contributed by atoms with van der Waals surface area (Å²) in [5, 5.41) is 8.85. The summed E-state index contributed by atoms with van der Waals surface area (Å²) in [6, 6.07) is 0. The lowest BCUT2D eigenvalue weighted by molar-refractivity contribution is -0.109. The van der Waals surface area contributed by atoms with Crippen molar-refractivity contribution in [2.45, 2.75) is 12.5 Å². The number of aliphatic hydroxyl groups excluding tert-OH is 1. The molecule has 1 atom stereocenters. The van der Waals surface area contributed by atoms with Gasteiger partial charge in [-0.25, -0.2) is 0 Å². The van der Waals surface area contributed by atoms with Crippen molar-refractivity contribution >= 4 is 12.2 Å². The molecular formula is C5H11N3O2. The molecule has 0 spiro atoms. The molecule has 0 aromatic heterocycles. The van der Waals surface area contributed by atoms with Crippen LogP contribution in [0.4, 0.5) is 0 Å². The van der Waals surface area contributed by atoms with Gasteiger partial charge in [0.05, 0.1) is 12.6 Å². The van der Waals surface area contributed by atoms with Crippen molar-refractivity contribution in [3.63, 3.8) is 0 Å². The molecule has 0 aliphatic carbocycles. The Morgan fingerprint density at radius 2 is 2.30 bits per heavy atom. The zero-order valence-electron chi connectivity index (χ0n) is 5.53. The van der Waals surface area contributed by atoms with Crippen molar-refractivity contribution < 1.29 is 9.90 Å². The van der Waals surface area contributed by atoms with Crippen LogP contribution in [0.25, 0.3) is 0 Å². The van der Waals surface area contributed by atoms with Gasteiger partial charge >= 0.3 is 0 Å². The lowest BCUT2D eigenvalue weighted by Gasteiger charge is -2.00. The summed E-state index contributed by atoms with van der Waals surface area (Å²) in [6.07, 6.45) is -0.0801. The van der Waals surface area contributed by atoms with Crippen LogP contribution in [-0.4, -0.2) is 30.0 Å². The number of guanidine groups is 1. The van der Waals surface area contributed by atoms with Gasteiger partial charge in [-0.05, 0) is 0 Å². The molecule has 10 heavy (non-hydrogen) atoms. The van der Waals surface area contributed by atoms with Gasteiger partial charge in [-0.2, -0.15) is 0 Å². The third kappa shape index (κ3) is 5.04. The Hall–Kier alpha value is -1.10. The summed E-state index contributed by atoms with van der Waals surface area (Å²) in [5.74, 6) is -0.0788. The second-order valence-electron chi connectivity index (χ2n) is 1.82. The first-order valence-electron chi connectivity index (χ1n) is 2.84. The fourth-order valence-electron chi connectivity index (χ4n) is 0.396. The third-order valence-electron chi connectivity index (χ3n) is 0.853. The summed E-state index contributed by atoms with van der Waals surface area (Å²) < 4.78 is 0. The van der Waals surface area contributed by atoms with Gasteiger partial charge in [0, 0.05) is 6.42 Å². The number of rotatable bonds is 4. The van der Waals surface area contributed by atoms with Gasteiger partial charge < -0.3 is 21.4 Å². The fraction of sp³-hybridized carbons (Fsp3) is 0.600. The number of hydrogen-bond donors (Lipinski definition) is 3. The van der Waals surface area contributed by atoms with E-state index in [4.69, 9.17) is 16.6 Å². The number of nitrogens with two attached hydrogens (primary N) is 2. The monoisotopic (exact) mass is 145 g/mol. The van der Waals surface area contributed by atoms with E-state index in [-0.39, 0.29) is 18.9 Å². The van der Waals surface area contributed by atoms with E-state index in [1.54, 1.807) is 0 Å². The van der Waals surface area contributed by atoms with Gasteiger partial charge in [0.15, 0.2) is 5.96 Å². The molecule has 0 aromatic carbocycles. The predicted octanol–water partition coefficient (Wildman–Crippen LogP) is -1.79. The minimum atomic E-state index is -0.764. The van der Waals surface area contributed by atoms with Crippen LogP contribution in [0.5, 0.6) is 0 Å². The molecule has 1 unspecified atom stereocenters. The molecule has 5 heteroatoms. The lowest BCUT2D eigenvalue weighted by Crippen LogP contribution is -2.25. The standard InChI is InChI=1S/C5H11N3O2/c6-5(7)8-3-4(10)1-2-9/h2,4,10H,1,3H2,(H4,6,7,8). The van der Waals surface area contributed by atoms with Crippen molar-refractivity contribution in [2.24, 2.45) is 16.5 Å². The normalized spacial score (nSPS) is 12.1. The molecule has 0 bridgehead atoms. The highest BCUT2D eigenvalue weighted by Crippen LogP contribution is 1.87. The number of hydrogen-bond acceptors (Lipinski definition) is 3. The minimum Gasteiger partial charge on any atom is -0.391 e. The maximum Gasteiger partial charge on any atom is 0.185 e. The molecule has 0 heterocycles. The van der Waals surface area contributed by atoms with Crippen molar-refractivity contribution in [3.05, 3.63) is 0 Å². The second-order valence-corrected chi connectivity index (χ2v) is 1.82. The van der Waals surface area contributed by atoms with Gasteiger partial charge in [0.25, 0.3) is 0 Å². The van der Waals surface area contributed by atoms with E-state index in [9.17, 15) is 4.79 Å². The van der Waals surface area contributed by atoms with Crippen molar-refractivity contribution in [3.8, 4) is 0 Å². The minimum absolute atomic E-state index is 0.0662. The van der Waals surface area contributed by atoms with Gasteiger partial charge in [-0.1, -0.05) is 0 Å². The summed E-state index contributed by atoms with van der Waals surface area (Å²) in [5.41, 5.74) is 9.93. The predicted molar refractivity (Wildman–Crippen MR) is 37.4 cm³/mol. The van der Waals surface area contributed by atoms with Gasteiger partial charge in [0.2, 0.25) is 0 Å². The zero-order valence-corrected chi connectivity index (χ0v) is 5.53. The van der Waals surface area contributed by atoms with Crippen LogP contribution in [0, 0.1) is 0 Å². The summed E-state index contributed by atoms with van der Waals surface area (Å²) in [6.45, 7) is 0.0844. The molecule has 0 aromatic rings. The van der Waals surface area contributed by atoms with Crippen molar-refractivity contribution in [2.75, 3.05) is 6.54 Å². The first-order valence-corrected chi connectivity index (χ1v) is 2.84. The number of carbonyl (C=O) groups excluding carboxylic acids is 1. The van der Waals surface area contributed by atoms with Crippen molar-refractivity contribution in [1.82, 2.24) is 0 Å². The van der Waals surface area contributed by atoms with E-state index >= 15 is 0 Å². The Bertz CT molecular complexity index is 131. The summed E-state index contributed by atoms with van der Waals surface area (Å²) >= 11 is 0. The molecule has 0 aliphatic heterocycles. The highest BCUT2D eigenvalue weighted by atomic mass is 16.3. The van der Waals surface area contributed by atoms with Crippen LogP contribution in [0.2, 0.25) is 0 Å². The Balaban J connectivity index is 3.48. The Labute approximate surface area is 58.7 Å². The van der Waals surface area contributed by atoms with E-state index in [0.29, 0.717) is 6.29 Å². The molecule has 58 valence electrons. The third-order valence-corrected chi connectivity index (χ3v) is 0.853. The molecular weight excluding hydrogens is 134 g/mol. The van der Waals surface area contributed by atoms with Crippen LogP contribution >= 0.6 is 0 Å². The van der Waals surface area contributed by atoms with E-state index < -0.39 is 6.10 Å². The Kier molecular flexibility index (Phi) is 4.23. The first kappa shape index (κ1) is 8.90. The molecule has 0 aliphatic rings. The van der Waals surface area contributed by atoms with Gasteiger partial charge in [-0.3, -0.25) is 4.99 Å². The number of carbonyl (C=O) groups is 1. The molecule has 0 radical (unpaired) electrons. The topological polar surface area (TPSA) is 102 Å². The Morgan fingerprint density at radius 3 is 2.70 bits per heavy atom. The van der Waals surface area contributed by atoms with Crippen LogP contribution < -0.4 is 11.5 Å². The van der Waals surface area contributed by atoms with Gasteiger partial charge in [0.1, 0.15) is 6.29 Å². The van der Waals surface area contributed by atoms with Crippen LogP contribution in [0.15, 0.2) is 4.99 Å².